The van der Waals surface area contributed by atoms with E-state index in [-0.39, 0.29) is 19.1 Å². The molecule has 0 fully saturated rings. The van der Waals surface area contributed by atoms with Crippen molar-refractivity contribution < 1.29 is 5.11 Å². The lowest BCUT2D eigenvalue weighted by Crippen LogP contribution is -2.02. The van der Waals surface area contributed by atoms with Crippen LogP contribution in [-0.2, 0) is 0 Å². The van der Waals surface area contributed by atoms with Gasteiger partial charge in [0.15, 0.2) is 0 Å². The quantitative estimate of drug-likeness (QED) is 0.525. The predicted molar refractivity (Wildman–Crippen MR) is 26.9 cm³/mol. The topological polar surface area (TPSA) is 49.7 Å². The molecule has 1 N–H and O–H groups in total. The molecule has 0 aliphatic heterocycles. The van der Waals surface area contributed by atoms with Crippen molar-refractivity contribution in [2.24, 2.45) is 11.1 Å². The summed E-state index contributed by atoms with van der Waals surface area (Å²) < 4.78 is 0. The van der Waals surface area contributed by atoms with Gasteiger partial charge in [0.25, 0.3) is 0 Å². The smallest absolute Gasteiger partial charge is 0.0858 e. The highest BCUT2D eigenvalue weighted by Gasteiger charge is 1.95. The first-order valence-corrected chi connectivity index (χ1v) is 2.21. The molecule has 0 aromatic rings. The van der Waals surface area contributed by atoms with E-state index >= 15 is 0 Å². The summed E-state index contributed by atoms with van der Waals surface area (Å²) in [5.74, 6) is 0.0255. The summed E-state index contributed by atoms with van der Waals surface area (Å²) in [4.78, 5) is 9.41. The Labute approximate surface area is 42.3 Å². The van der Waals surface area contributed by atoms with Gasteiger partial charge in [-0.15, -0.1) is 0 Å². The molecule has 0 unspecified atom stereocenters. The van der Waals surface area contributed by atoms with Crippen LogP contribution in [0.15, 0.2) is 5.18 Å². The molecule has 7 heavy (non-hydrogen) atoms. The summed E-state index contributed by atoms with van der Waals surface area (Å²) in [5, 5.41) is 10.9. The third-order valence-electron chi connectivity index (χ3n) is 0.698. The van der Waals surface area contributed by atoms with Crippen molar-refractivity contribution in [2.45, 2.75) is 6.92 Å². The highest BCUT2D eigenvalue weighted by molar-refractivity contribution is 4.50. The lowest BCUT2D eigenvalue weighted by atomic mass is 10.2. The Morgan fingerprint density at radius 3 is 2.57 bits per heavy atom. The van der Waals surface area contributed by atoms with Crippen molar-refractivity contribution in [1.82, 2.24) is 0 Å². The largest absolute Gasteiger partial charge is 0.396 e. The van der Waals surface area contributed by atoms with Gasteiger partial charge in [-0.3, -0.25) is 0 Å². The Hall–Kier alpha value is -0.440. The molecule has 0 saturated heterocycles. The zero-order valence-electron chi connectivity index (χ0n) is 4.29. The average molecular weight is 103 g/mol. The van der Waals surface area contributed by atoms with Crippen LogP contribution in [0, 0.1) is 10.8 Å². The lowest BCUT2D eigenvalue weighted by molar-refractivity contribution is 0.241. The normalized spacial score (nSPS) is 13.4. The van der Waals surface area contributed by atoms with Crippen LogP contribution in [0.25, 0.3) is 0 Å². The number of hydrogen-bond acceptors (Lipinski definition) is 3. The van der Waals surface area contributed by atoms with Crippen molar-refractivity contribution in [1.29, 1.82) is 0 Å². The van der Waals surface area contributed by atoms with Gasteiger partial charge in [0.05, 0.1) is 6.54 Å². The zero-order valence-corrected chi connectivity index (χ0v) is 4.29. The second-order valence-electron chi connectivity index (χ2n) is 1.60. The molecule has 0 radical (unpaired) electrons. The van der Waals surface area contributed by atoms with Gasteiger partial charge in [-0.2, -0.15) is 4.91 Å². The molecular formula is C4H9NO2. The van der Waals surface area contributed by atoms with E-state index in [0.717, 1.165) is 0 Å². The van der Waals surface area contributed by atoms with Gasteiger partial charge in [0, 0.05) is 12.5 Å². The Morgan fingerprint density at radius 2 is 2.43 bits per heavy atom. The van der Waals surface area contributed by atoms with Crippen LogP contribution in [-0.4, -0.2) is 18.3 Å². The third kappa shape index (κ3) is 3.39. The van der Waals surface area contributed by atoms with Gasteiger partial charge >= 0.3 is 0 Å². The van der Waals surface area contributed by atoms with E-state index in [2.05, 4.69) is 5.18 Å². The summed E-state index contributed by atoms with van der Waals surface area (Å²) in [7, 11) is 0. The molecule has 0 spiro atoms. The first-order chi connectivity index (χ1) is 3.31. The van der Waals surface area contributed by atoms with E-state index in [0.29, 0.717) is 0 Å². The minimum absolute atomic E-state index is 0.0255. The fraction of sp³-hybridized carbons (Fsp3) is 1.00. The molecule has 0 aliphatic rings. The van der Waals surface area contributed by atoms with Crippen LogP contribution >= 0.6 is 0 Å². The molecule has 3 nitrogen and oxygen atoms in total. The van der Waals surface area contributed by atoms with E-state index in [1.54, 1.807) is 6.92 Å². The van der Waals surface area contributed by atoms with Gasteiger partial charge in [-0.05, 0) is 0 Å². The summed E-state index contributed by atoms with van der Waals surface area (Å²) in [5.41, 5.74) is 0. The Bertz CT molecular complexity index is 55.7. The Morgan fingerprint density at radius 1 is 1.86 bits per heavy atom. The third-order valence-corrected chi connectivity index (χ3v) is 0.698. The van der Waals surface area contributed by atoms with Gasteiger partial charge in [-0.25, -0.2) is 0 Å². The maximum absolute atomic E-state index is 9.41. The highest BCUT2D eigenvalue weighted by Crippen LogP contribution is 1.90. The number of rotatable bonds is 3. The molecule has 0 aliphatic carbocycles. The molecule has 0 bridgehead atoms. The number of aliphatic hydroxyl groups is 1. The number of aliphatic hydroxyl groups excluding tert-OH is 1. The second-order valence-corrected chi connectivity index (χ2v) is 1.60. The van der Waals surface area contributed by atoms with Crippen molar-refractivity contribution in [3.05, 3.63) is 4.91 Å². The van der Waals surface area contributed by atoms with Crippen molar-refractivity contribution >= 4 is 0 Å². The molecule has 3 heteroatoms. The first kappa shape index (κ1) is 6.56. The van der Waals surface area contributed by atoms with Crippen LogP contribution in [0.1, 0.15) is 6.92 Å². The molecule has 0 saturated carbocycles. The van der Waals surface area contributed by atoms with Crippen LogP contribution in [0.5, 0.6) is 0 Å². The highest BCUT2D eigenvalue weighted by atomic mass is 16.3. The van der Waals surface area contributed by atoms with Crippen molar-refractivity contribution in [2.75, 3.05) is 13.2 Å². The summed E-state index contributed by atoms with van der Waals surface area (Å²) in [6.07, 6.45) is 0. The van der Waals surface area contributed by atoms with Crippen molar-refractivity contribution in [3.8, 4) is 0 Å². The van der Waals surface area contributed by atoms with Gasteiger partial charge in [-0.1, -0.05) is 12.1 Å². The number of hydrogen-bond donors (Lipinski definition) is 1. The fourth-order valence-electron chi connectivity index (χ4n) is 0.185. The van der Waals surface area contributed by atoms with Crippen LogP contribution in [0.3, 0.4) is 0 Å². The van der Waals surface area contributed by atoms with Crippen molar-refractivity contribution in [3.63, 3.8) is 0 Å². The van der Waals surface area contributed by atoms with Crippen LogP contribution in [0.2, 0.25) is 0 Å². The maximum atomic E-state index is 9.41. The molecule has 0 rings (SSSR count). The summed E-state index contributed by atoms with van der Waals surface area (Å²) in [6.45, 7) is 2.03. The molecule has 0 aromatic carbocycles. The molecular weight excluding hydrogens is 94.0 g/mol. The Balaban J connectivity index is 2.98. The van der Waals surface area contributed by atoms with Gasteiger partial charge in [0.2, 0.25) is 0 Å². The SMILES string of the molecule is C[C@H](CO)CN=O. The van der Waals surface area contributed by atoms with E-state index in [1.807, 2.05) is 0 Å². The van der Waals surface area contributed by atoms with E-state index in [1.165, 1.54) is 0 Å². The average Bonchev–Trinajstić information content (AvgIpc) is 1.68. The van der Waals surface area contributed by atoms with Gasteiger partial charge in [0.1, 0.15) is 0 Å². The molecule has 0 aromatic heterocycles. The maximum Gasteiger partial charge on any atom is 0.0858 e. The summed E-state index contributed by atoms with van der Waals surface area (Å²) >= 11 is 0. The standard InChI is InChI=1S/C4H9NO2/c1-4(3-6)2-5-7/h4,6H,2-3H2,1H3/t4-/m0/s1. The molecule has 0 heterocycles. The minimum Gasteiger partial charge on any atom is -0.396 e. The molecule has 42 valence electrons. The predicted octanol–water partition coefficient (Wildman–Crippen LogP) is 0.381. The monoisotopic (exact) mass is 103 g/mol. The molecule has 1 atom stereocenters. The van der Waals surface area contributed by atoms with Crippen LogP contribution in [0.4, 0.5) is 0 Å². The second kappa shape index (κ2) is 3.74. The lowest BCUT2D eigenvalue weighted by Gasteiger charge is -1.96. The first-order valence-electron chi connectivity index (χ1n) is 2.21. The zero-order chi connectivity index (χ0) is 5.70. The van der Waals surface area contributed by atoms with E-state index in [9.17, 15) is 4.91 Å². The van der Waals surface area contributed by atoms with Gasteiger partial charge < -0.3 is 5.11 Å². The number of nitrogens with zero attached hydrogens (tertiary/aromatic N) is 1. The number of nitroso groups, excluding NO2 is 1. The summed E-state index contributed by atoms with van der Waals surface area (Å²) in [6, 6.07) is 0. The Kier molecular flexibility index (Phi) is 3.50. The van der Waals surface area contributed by atoms with Crippen LogP contribution < -0.4 is 0 Å². The minimum atomic E-state index is 0.0255. The van der Waals surface area contributed by atoms with E-state index < -0.39 is 0 Å². The van der Waals surface area contributed by atoms with E-state index in [4.69, 9.17) is 5.11 Å². The fourth-order valence-corrected chi connectivity index (χ4v) is 0.185. The molecule has 0 amide bonds.